The molecule has 7 heteroatoms. The molecule has 0 amide bonds. The summed E-state index contributed by atoms with van der Waals surface area (Å²) in [7, 11) is -0.0487. The Hall–Kier alpha value is -1.31. The Bertz CT molecular complexity index is 586. The number of ether oxygens (including phenoxy) is 2. The van der Waals surface area contributed by atoms with Crippen LogP contribution in [-0.2, 0) is 14.8 Å². The quantitative estimate of drug-likeness (QED) is 0.813. The van der Waals surface area contributed by atoms with Crippen molar-refractivity contribution in [2.24, 2.45) is 0 Å². The van der Waals surface area contributed by atoms with Crippen LogP contribution in [0.15, 0.2) is 17.0 Å². The van der Waals surface area contributed by atoms with Gasteiger partial charge in [-0.15, -0.1) is 0 Å². The van der Waals surface area contributed by atoms with Gasteiger partial charge in [0.2, 0.25) is 10.0 Å². The normalized spacial score (nSPS) is 14.8. The third-order valence-corrected chi connectivity index (χ3v) is 4.84. The molecular formula is C13H20N2O4S. The van der Waals surface area contributed by atoms with Crippen LogP contribution in [0.5, 0.6) is 5.75 Å². The minimum atomic E-state index is -3.54. The lowest BCUT2D eigenvalue weighted by Gasteiger charge is -2.28. The highest BCUT2D eigenvalue weighted by atomic mass is 32.2. The molecule has 1 N–H and O–H groups in total. The Labute approximate surface area is 119 Å². The van der Waals surface area contributed by atoms with Crippen LogP contribution in [0.1, 0.15) is 5.56 Å². The van der Waals surface area contributed by atoms with Gasteiger partial charge in [0.15, 0.2) is 0 Å². The molecule has 0 saturated carbocycles. The van der Waals surface area contributed by atoms with Gasteiger partial charge in [-0.05, 0) is 18.6 Å². The van der Waals surface area contributed by atoms with E-state index in [9.17, 15) is 8.42 Å². The Morgan fingerprint density at radius 1 is 1.45 bits per heavy atom. The first-order valence-corrected chi connectivity index (χ1v) is 7.91. The molecule has 1 heterocycles. The fourth-order valence-corrected chi connectivity index (χ4v) is 3.38. The average Bonchev–Trinajstić information content (AvgIpc) is 2.39. The number of fused-ring (bicyclic) bond motifs is 1. The maximum atomic E-state index is 12.3. The molecule has 0 atom stereocenters. The smallest absolute Gasteiger partial charge is 0.241 e. The van der Waals surface area contributed by atoms with Crippen molar-refractivity contribution in [3.63, 3.8) is 0 Å². The lowest BCUT2D eigenvalue weighted by Crippen LogP contribution is -2.30. The van der Waals surface area contributed by atoms with E-state index in [-0.39, 0.29) is 11.4 Å². The topological polar surface area (TPSA) is 67.9 Å². The van der Waals surface area contributed by atoms with Gasteiger partial charge in [0.25, 0.3) is 0 Å². The van der Waals surface area contributed by atoms with Crippen LogP contribution in [0.4, 0.5) is 5.69 Å². The molecule has 0 fully saturated rings. The molecule has 1 aromatic rings. The van der Waals surface area contributed by atoms with Crippen LogP contribution < -0.4 is 14.4 Å². The number of hydrogen-bond donors (Lipinski definition) is 1. The van der Waals surface area contributed by atoms with Gasteiger partial charge in [-0.3, -0.25) is 0 Å². The zero-order valence-electron chi connectivity index (χ0n) is 12.0. The summed E-state index contributed by atoms with van der Waals surface area (Å²) in [6.45, 7) is 3.72. The van der Waals surface area contributed by atoms with Gasteiger partial charge in [0.1, 0.15) is 12.4 Å². The molecule has 0 unspecified atom stereocenters. The van der Waals surface area contributed by atoms with Crippen LogP contribution in [0.25, 0.3) is 0 Å². The van der Waals surface area contributed by atoms with Crippen LogP contribution in [0.2, 0.25) is 0 Å². The van der Waals surface area contributed by atoms with E-state index in [0.717, 1.165) is 12.2 Å². The monoisotopic (exact) mass is 300 g/mol. The van der Waals surface area contributed by atoms with Crippen molar-refractivity contribution in [2.45, 2.75) is 11.8 Å². The van der Waals surface area contributed by atoms with Crippen molar-refractivity contribution in [1.29, 1.82) is 0 Å². The van der Waals surface area contributed by atoms with Gasteiger partial charge in [-0.1, -0.05) is 0 Å². The van der Waals surface area contributed by atoms with Crippen molar-refractivity contribution >= 4 is 15.7 Å². The summed E-state index contributed by atoms with van der Waals surface area (Å²) in [6.07, 6.45) is 0. The van der Waals surface area contributed by atoms with Crippen molar-refractivity contribution in [3.8, 4) is 5.75 Å². The minimum absolute atomic E-state index is 0.246. The maximum Gasteiger partial charge on any atom is 0.241 e. The van der Waals surface area contributed by atoms with E-state index in [1.165, 1.54) is 7.11 Å². The van der Waals surface area contributed by atoms with E-state index < -0.39 is 10.0 Å². The van der Waals surface area contributed by atoms with E-state index in [0.29, 0.717) is 24.5 Å². The highest BCUT2D eigenvalue weighted by Gasteiger charge is 2.22. The summed E-state index contributed by atoms with van der Waals surface area (Å²) in [5.41, 5.74) is 1.62. The van der Waals surface area contributed by atoms with Gasteiger partial charge >= 0.3 is 0 Å². The lowest BCUT2D eigenvalue weighted by atomic mass is 10.2. The number of benzene rings is 1. The second-order valence-corrected chi connectivity index (χ2v) is 6.48. The average molecular weight is 300 g/mol. The first-order valence-electron chi connectivity index (χ1n) is 6.43. The fraction of sp³-hybridized carbons (Fsp3) is 0.538. The third-order valence-electron chi connectivity index (χ3n) is 3.24. The first kappa shape index (κ1) is 15.1. The fourth-order valence-electron chi connectivity index (χ4n) is 2.13. The Morgan fingerprint density at radius 2 is 2.20 bits per heavy atom. The number of nitrogens with zero attached hydrogens (tertiary/aromatic N) is 1. The van der Waals surface area contributed by atoms with E-state index in [2.05, 4.69) is 9.62 Å². The van der Waals surface area contributed by atoms with Crippen molar-refractivity contribution < 1.29 is 17.9 Å². The summed E-state index contributed by atoms with van der Waals surface area (Å²) in [6, 6.07) is 3.44. The lowest BCUT2D eigenvalue weighted by molar-refractivity contribution is 0.204. The molecule has 112 valence electrons. The van der Waals surface area contributed by atoms with Crippen molar-refractivity contribution in [3.05, 3.63) is 17.7 Å². The summed E-state index contributed by atoms with van der Waals surface area (Å²) in [5, 5.41) is 0. The Balaban J connectivity index is 2.33. The number of aryl methyl sites for hydroxylation is 1. The van der Waals surface area contributed by atoms with Gasteiger partial charge in [0, 0.05) is 26.8 Å². The van der Waals surface area contributed by atoms with E-state index >= 15 is 0 Å². The molecule has 0 spiro atoms. The molecule has 6 nitrogen and oxygen atoms in total. The molecule has 0 bridgehead atoms. The predicted octanol–water partition coefficient (Wildman–Crippen LogP) is 0.748. The number of hydrogen-bond acceptors (Lipinski definition) is 5. The zero-order valence-corrected chi connectivity index (χ0v) is 12.8. The molecule has 0 aliphatic carbocycles. The number of likely N-dealkylation sites (N-methyl/N-ethyl adjacent to an activating group) is 1. The molecule has 1 aliphatic rings. The summed E-state index contributed by atoms with van der Waals surface area (Å²) in [4.78, 5) is 2.31. The molecule has 1 aromatic carbocycles. The summed E-state index contributed by atoms with van der Waals surface area (Å²) in [5.74, 6) is 0.608. The molecular weight excluding hydrogens is 280 g/mol. The van der Waals surface area contributed by atoms with Gasteiger partial charge in [-0.25, -0.2) is 13.1 Å². The highest BCUT2D eigenvalue weighted by Crippen LogP contribution is 2.34. The summed E-state index contributed by atoms with van der Waals surface area (Å²) < 4.78 is 37.4. The number of nitrogens with one attached hydrogen (secondary N) is 1. The molecule has 1 aliphatic heterocycles. The molecule has 0 aromatic heterocycles. The SMILES string of the molecule is COCCNS(=O)(=O)c1cc2c(cc1C)N(C)CCO2. The van der Waals surface area contributed by atoms with Crippen LogP contribution in [-0.4, -0.2) is 48.9 Å². The second-order valence-electron chi connectivity index (χ2n) is 4.75. The first-order chi connectivity index (χ1) is 9.45. The molecule has 0 saturated heterocycles. The summed E-state index contributed by atoms with van der Waals surface area (Å²) >= 11 is 0. The zero-order chi connectivity index (χ0) is 14.8. The number of anilines is 1. The van der Waals surface area contributed by atoms with Gasteiger partial charge in [0.05, 0.1) is 23.7 Å². The maximum absolute atomic E-state index is 12.3. The van der Waals surface area contributed by atoms with Gasteiger partial charge in [-0.2, -0.15) is 0 Å². The van der Waals surface area contributed by atoms with Crippen LogP contribution >= 0.6 is 0 Å². The van der Waals surface area contributed by atoms with Crippen molar-refractivity contribution in [2.75, 3.05) is 45.4 Å². The van der Waals surface area contributed by atoms with Crippen molar-refractivity contribution in [1.82, 2.24) is 4.72 Å². The Morgan fingerprint density at radius 3 is 2.90 bits per heavy atom. The largest absolute Gasteiger partial charge is 0.490 e. The van der Waals surface area contributed by atoms with Gasteiger partial charge < -0.3 is 14.4 Å². The minimum Gasteiger partial charge on any atom is -0.490 e. The number of sulfonamides is 1. The van der Waals surface area contributed by atoms with Crippen LogP contribution in [0, 0.1) is 6.92 Å². The van der Waals surface area contributed by atoms with E-state index in [1.807, 2.05) is 13.1 Å². The molecule has 0 radical (unpaired) electrons. The second kappa shape index (κ2) is 5.99. The highest BCUT2D eigenvalue weighted by molar-refractivity contribution is 7.89. The third kappa shape index (κ3) is 3.05. The predicted molar refractivity (Wildman–Crippen MR) is 77.0 cm³/mol. The Kier molecular flexibility index (Phi) is 4.52. The standard InChI is InChI=1S/C13H20N2O4S/c1-10-8-11-12(19-7-5-15(11)2)9-13(10)20(16,17)14-4-6-18-3/h8-9,14H,4-7H2,1-3H3. The number of methoxy groups -OCH3 is 1. The van der Waals surface area contributed by atoms with E-state index in [1.54, 1.807) is 13.0 Å². The number of rotatable bonds is 5. The molecule has 2 rings (SSSR count). The molecule has 20 heavy (non-hydrogen) atoms. The van der Waals surface area contributed by atoms with Crippen LogP contribution in [0.3, 0.4) is 0 Å². The van der Waals surface area contributed by atoms with E-state index in [4.69, 9.17) is 9.47 Å².